The lowest BCUT2D eigenvalue weighted by molar-refractivity contribution is -0.136. The van der Waals surface area contributed by atoms with Gasteiger partial charge in [-0.2, -0.15) is 5.10 Å². The van der Waals surface area contributed by atoms with Crippen molar-refractivity contribution in [3.05, 3.63) is 42.1 Å². The van der Waals surface area contributed by atoms with Gasteiger partial charge in [-0.1, -0.05) is 18.2 Å². The fourth-order valence-electron chi connectivity index (χ4n) is 4.47. The summed E-state index contributed by atoms with van der Waals surface area (Å²) >= 11 is 0. The number of piperidine rings is 1. The molecule has 2 saturated heterocycles. The fourth-order valence-corrected chi connectivity index (χ4v) is 5.35. The molecule has 2 N–H and O–H groups in total. The molecule has 31 heavy (non-hydrogen) atoms. The highest BCUT2D eigenvalue weighted by Gasteiger charge is 2.40. The molecule has 1 aromatic carbocycles. The number of hydrogen-bond donors (Lipinski definition) is 1. The first-order valence-electron chi connectivity index (χ1n) is 10.5. The zero-order valence-corrected chi connectivity index (χ0v) is 18.3. The van der Waals surface area contributed by atoms with Crippen molar-refractivity contribution in [2.45, 2.75) is 31.7 Å². The number of hydrogen-bond acceptors (Lipinski definition) is 6. The minimum absolute atomic E-state index is 0.0713. The topological polar surface area (TPSA) is 119 Å². The Hall–Kier alpha value is -2.72. The minimum Gasteiger partial charge on any atom is -0.383 e. The summed E-state index contributed by atoms with van der Waals surface area (Å²) in [4.78, 5) is 28.1. The highest BCUT2D eigenvalue weighted by atomic mass is 32.2. The molecular formula is C21H27N5O4S. The lowest BCUT2D eigenvalue weighted by atomic mass is 9.95. The molecule has 2 aliphatic rings. The van der Waals surface area contributed by atoms with Gasteiger partial charge in [-0.15, -0.1) is 0 Å². The lowest BCUT2D eigenvalue weighted by Crippen LogP contribution is -2.47. The number of Topliss-reactive ketones (excluding diaryl/α,β-unsaturated/α-hetero) is 1. The van der Waals surface area contributed by atoms with E-state index in [0.717, 1.165) is 12.1 Å². The van der Waals surface area contributed by atoms with Crippen LogP contribution in [0.3, 0.4) is 0 Å². The van der Waals surface area contributed by atoms with Gasteiger partial charge in [0.05, 0.1) is 29.7 Å². The summed E-state index contributed by atoms with van der Waals surface area (Å²) in [5, 5.41) is 4.27. The first-order valence-corrected chi connectivity index (χ1v) is 12.3. The Morgan fingerprint density at radius 3 is 2.39 bits per heavy atom. The first kappa shape index (κ1) is 21.5. The molecule has 1 atom stereocenters. The summed E-state index contributed by atoms with van der Waals surface area (Å²) in [6.07, 6.45) is 4.93. The molecule has 1 amide bonds. The Morgan fingerprint density at radius 2 is 1.74 bits per heavy atom. The van der Waals surface area contributed by atoms with Gasteiger partial charge in [0.1, 0.15) is 5.82 Å². The third-order valence-corrected chi connectivity index (χ3v) is 7.49. The van der Waals surface area contributed by atoms with Crippen LogP contribution in [-0.4, -0.2) is 71.0 Å². The number of para-hydroxylation sites is 1. The van der Waals surface area contributed by atoms with Gasteiger partial charge in [0.15, 0.2) is 5.78 Å². The van der Waals surface area contributed by atoms with Crippen molar-refractivity contribution in [3.63, 3.8) is 0 Å². The minimum atomic E-state index is -3.25. The standard InChI is InChI=1S/C21H27N5O4S/c1-31(29,30)24-12-9-15(10-13-24)21(28)25-11-5-8-18(25)19(27)17-14-23-26(20(17)22)16-6-3-2-4-7-16/h2-4,6-7,14-15,18H,5,8-13,22H2,1H3. The van der Waals surface area contributed by atoms with Crippen LogP contribution in [0.4, 0.5) is 5.82 Å². The normalized spacial score (nSPS) is 20.8. The second-order valence-electron chi connectivity index (χ2n) is 8.18. The molecule has 0 saturated carbocycles. The van der Waals surface area contributed by atoms with E-state index in [0.29, 0.717) is 44.5 Å². The van der Waals surface area contributed by atoms with Crippen LogP contribution in [0.5, 0.6) is 0 Å². The molecule has 166 valence electrons. The maximum Gasteiger partial charge on any atom is 0.226 e. The van der Waals surface area contributed by atoms with E-state index in [-0.39, 0.29) is 23.4 Å². The van der Waals surface area contributed by atoms with Crippen LogP contribution in [0.1, 0.15) is 36.0 Å². The van der Waals surface area contributed by atoms with Crippen LogP contribution in [0.2, 0.25) is 0 Å². The van der Waals surface area contributed by atoms with Crippen LogP contribution in [0, 0.1) is 5.92 Å². The molecule has 2 aromatic rings. The van der Waals surface area contributed by atoms with Gasteiger partial charge in [-0.25, -0.2) is 17.4 Å². The van der Waals surface area contributed by atoms with E-state index in [1.54, 1.807) is 4.90 Å². The van der Waals surface area contributed by atoms with E-state index in [1.807, 2.05) is 30.3 Å². The zero-order chi connectivity index (χ0) is 22.2. The number of likely N-dealkylation sites (tertiary alicyclic amines) is 1. The summed E-state index contributed by atoms with van der Waals surface area (Å²) in [6, 6.07) is 8.76. The van der Waals surface area contributed by atoms with Crippen molar-refractivity contribution < 1.29 is 18.0 Å². The molecular weight excluding hydrogens is 418 g/mol. The van der Waals surface area contributed by atoms with E-state index in [4.69, 9.17) is 5.73 Å². The maximum atomic E-state index is 13.3. The summed E-state index contributed by atoms with van der Waals surface area (Å²) in [6.45, 7) is 1.19. The number of rotatable bonds is 5. The predicted octanol–water partition coefficient (Wildman–Crippen LogP) is 1.30. The van der Waals surface area contributed by atoms with E-state index < -0.39 is 16.1 Å². The van der Waals surface area contributed by atoms with Gasteiger partial charge >= 0.3 is 0 Å². The molecule has 2 fully saturated rings. The van der Waals surface area contributed by atoms with Gasteiger partial charge < -0.3 is 10.6 Å². The zero-order valence-electron chi connectivity index (χ0n) is 17.5. The number of nitrogen functional groups attached to an aromatic ring is 1. The average molecular weight is 446 g/mol. The van der Waals surface area contributed by atoms with E-state index in [1.165, 1.54) is 21.4 Å². The molecule has 1 unspecified atom stereocenters. The van der Waals surface area contributed by atoms with Gasteiger partial charge in [0.25, 0.3) is 0 Å². The molecule has 0 radical (unpaired) electrons. The highest BCUT2D eigenvalue weighted by Crippen LogP contribution is 2.29. The monoisotopic (exact) mass is 445 g/mol. The van der Waals surface area contributed by atoms with Gasteiger partial charge in [-0.3, -0.25) is 9.59 Å². The summed E-state index contributed by atoms with van der Waals surface area (Å²) in [5.74, 6) is -0.273. The van der Waals surface area contributed by atoms with E-state index in [2.05, 4.69) is 5.10 Å². The van der Waals surface area contributed by atoms with Crippen LogP contribution in [0.15, 0.2) is 36.5 Å². The molecule has 0 spiro atoms. The number of benzene rings is 1. The number of nitrogens with two attached hydrogens (primary N) is 1. The predicted molar refractivity (Wildman–Crippen MR) is 116 cm³/mol. The van der Waals surface area contributed by atoms with E-state index in [9.17, 15) is 18.0 Å². The average Bonchev–Trinajstić information content (AvgIpc) is 3.40. The number of amides is 1. The Bertz CT molecular complexity index is 1070. The van der Waals surface area contributed by atoms with Crippen molar-refractivity contribution >= 4 is 27.5 Å². The van der Waals surface area contributed by atoms with E-state index >= 15 is 0 Å². The molecule has 4 rings (SSSR count). The SMILES string of the molecule is CS(=O)(=O)N1CCC(C(=O)N2CCCC2C(=O)c2cnn(-c3ccccc3)c2N)CC1. The molecule has 10 heteroatoms. The number of carbonyl (C=O) groups is 2. The van der Waals surface area contributed by atoms with Crippen molar-refractivity contribution in [2.75, 3.05) is 31.6 Å². The van der Waals surface area contributed by atoms with Crippen molar-refractivity contribution in [3.8, 4) is 5.69 Å². The Kier molecular flexibility index (Phi) is 5.85. The van der Waals surface area contributed by atoms with Crippen molar-refractivity contribution in [1.82, 2.24) is 19.0 Å². The van der Waals surface area contributed by atoms with Crippen LogP contribution in [0.25, 0.3) is 5.69 Å². The molecule has 1 aromatic heterocycles. The van der Waals surface area contributed by atoms with Crippen LogP contribution in [-0.2, 0) is 14.8 Å². The second-order valence-corrected chi connectivity index (χ2v) is 10.2. The summed E-state index contributed by atoms with van der Waals surface area (Å²) < 4.78 is 26.4. The molecule has 3 heterocycles. The van der Waals surface area contributed by atoms with Crippen molar-refractivity contribution in [1.29, 1.82) is 0 Å². The smallest absolute Gasteiger partial charge is 0.226 e. The highest BCUT2D eigenvalue weighted by molar-refractivity contribution is 7.88. The number of sulfonamides is 1. The maximum absolute atomic E-state index is 13.3. The summed E-state index contributed by atoms with van der Waals surface area (Å²) in [7, 11) is -3.25. The third-order valence-electron chi connectivity index (χ3n) is 6.18. The Balaban J connectivity index is 1.48. The van der Waals surface area contributed by atoms with Crippen LogP contribution >= 0.6 is 0 Å². The van der Waals surface area contributed by atoms with Gasteiger partial charge in [-0.05, 0) is 37.8 Å². The third kappa shape index (κ3) is 4.22. The fraction of sp³-hybridized carbons (Fsp3) is 0.476. The number of ketones is 1. The lowest BCUT2D eigenvalue weighted by Gasteiger charge is -2.33. The van der Waals surface area contributed by atoms with Crippen LogP contribution < -0.4 is 5.73 Å². The van der Waals surface area contributed by atoms with Crippen molar-refractivity contribution in [2.24, 2.45) is 5.92 Å². The number of anilines is 1. The Morgan fingerprint density at radius 1 is 1.06 bits per heavy atom. The quantitative estimate of drug-likeness (QED) is 0.693. The second kappa shape index (κ2) is 8.43. The molecule has 0 aliphatic carbocycles. The number of aromatic nitrogens is 2. The Labute approximate surface area is 181 Å². The van der Waals surface area contributed by atoms with Gasteiger partial charge in [0, 0.05) is 25.6 Å². The number of nitrogens with zero attached hydrogens (tertiary/aromatic N) is 4. The molecule has 0 bridgehead atoms. The molecule has 9 nitrogen and oxygen atoms in total. The largest absolute Gasteiger partial charge is 0.383 e. The first-order chi connectivity index (χ1) is 14.8. The summed E-state index contributed by atoms with van der Waals surface area (Å²) in [5.41, 5.74) is 7.32. The van der Waals surface area contributed by atoms with Gasteiger partial charge in [0.2, 0.25) is 15.9 Å². The number of carbonyl (C=O) groups excluding carboxylic acids is 2. The molecule has 2 aliphatic heterocycles.